The SMILES string of the molecule is CCN1CCCC(NC(=O)c2ccncc2NC)C1. The van der Waals surface area contributed by atoms with Crippen molar-refractivity contribution in [1.29, 1.82) is 0 Å². The quantitative estimate of drug-likeness (QED) is 0.859. The zero-order valence-electron chi connectivity index (χ0n) is 11.6. The van der Waals surface area contributed by atoms with Crippen LogP contribution in [0.2, 0.25) is 0 Å². The lowest BCUT2D eigenvalue weighted by Crippen LogP contribution is -2.47. The summed E-state index contributed by atoms with van der Waals surface area (Å²) >= 11 is 0. The first-order valence-corrected chi connectivity index (χ1v) is 6.89. The monoisotopic (exact) mass is 262 g/mol. The maximum atomic E-state index is 12.3. The highest BCUT2D eigenvalue weighted by atomic mass is 16.1. The second-order valence-corrected chi connectivity index (χ2v) is 4.88. The number of hydrogen-bond acceptors (Lipinski definition) is 4. The summed E-state index contributed by atoms with van der Waals surface area (Å²) in [5.41, 5.74) is 1.43. The first-order valence-electron chi connectivity index (χ1n) is 6.89. The largest absolute Gasteiger partial charge is 0.386 e. The molecule has 104 valence electrons. The summed E-state index contributed by atoms with van der Waals surface area (Å²) < 4.78 is 0. The molecule has 5 nitrogen and oxygen atoms in total. The van der Waals surface area contributed by atoms with Crippen LogP contribution in [0.3, 0.4) is 0 Å². The van der Waals surface area contributed by atoms with Gasteiger partial charge in [-0.2, -0.15) is 0 Å². The standard InChI is InChI=1S/C14H22N4O/c1-3-18-8-4-5-11(10-18)17-14(19)12-6-7-16-9-13(12)15-2/h6-7,9,11,15H,3-5,8,10H2,1-2H3,(H,17,19). The summed E-state index contributed by atoms with van der Waals surface area (Å²) in [7, 11) is 1.80. The summed E-state index contributed by atoms with van der Waals surface area (Å²) in [4.78, 5) is 18.7. The van der Waals surface area contributed by atoms with Crippen LogP contribution >= 0.6 is 0 Å². The van der Waals surface area contributed by atoms with E-state index in [1.54, 1.807) is 25.5 Å². The molecule has 0 spiro atoms. The van der Waals surface area contributed by atoms with Gasteiger partial charge in [0.25, 0.3) is 5.91 Å². The van der Waals surface area contributed by atoms with Gasteiger partial charge in [0.05, 0.1) is 17.4 Å². The minimum atomic E-state index is -0.0188. The Labute approximate surface area is 114 Å². The second-order valence-electron chi connectivity index (χ2n) is 4.88. The zero-order chi connectivity index (χ0) is 13.7. The number of nitrogens with zero attached hydrogens (tertiary/aromatic N) is 2. The molecular formula is C14H22N4O. The van der Waals surface area contributed by atoms with Crippen molar-refractivity contribution in [3.8, 4) is 0 Å². The Kier molecular flexibility index (Phi) is 4.74. The number of hydrogen-bond donors (Lipinski definition) is 2. The number of carbonyl (C=O) groups excluding carboxylic acids is 1. The van der Waals surface area contributed by atoms with Crippen molar-refractivity contribution in [2.45, 2.75) is 25.8 Å². The molecule has 2 rings (SSSR count). The molecule has 1 fully saturated rings. The predicted octanol–water partition coefficient (Wildman–Crippen LogP) is 1.34. The summed E-state index contributed by atoms with van der Waals surface area (Å²) in [5, 5.41) is 6.13. The van der Waals surface area contributed by atoms with Crippen LogP contribution < -0.4 is 10.6 Å². The van der Waals surface area contributed by atoms with Crippen molar-refractivity contribution in [3.63, 3.8) is 0 Å². The maximum absolute atomic E-state index is 12.3. The first-order chi connectivity index (χ1) is 9.24. The van der Waals surface area contributed by atoms with Crippen LogP contribution in [-0.4, -0.2) is 48.5 Å². The highest BCUT2D eigenvalue weighted by molar-refractivity contribution is 5.99. The Hall–Kier alpha value is -1.62. The lowest BCUT2D eigenvalue weighted by atomic mass is 10.1. The van der Waals surface area contributed by atoms with E-state index in [9.17, 15) is 4.79 Å². The molecule has 1 aliphatic rings. The third kappa shape index (κ3) is 3.44. The number of piperidine rings is 1. The first kappa shape index (κ1) is 13.8. The van der Waals surface area contributed by atoms with Crippen molar-refractivity contribution in [2.24, 2.45) is 0 Å². The molecule has 0 aromatic carbocycles. The molecule has 0 saturated carbocycles. The summed E-state index contributed by atoms with van der Waals surface area (Å²) in [6.45, 7) is 5.29. The number of nitrogens with one attached hydrogen (secondary N) is 2. The molecule has 1 atom stereocenters. The Balaban J connectivity index is 2.00. The third-order valence-corrected chi connectivity index (χ3v) is 3.62. The lowest BCUT2D eigenvalue weighted by Gasteiger charge is -2.32. The molecule has 0 aliphatic carbocycles. The Morgan fingerprint density at radius 2 is 2.42 bits per heavy atom. The van der Waals surface area contributed by atoms with Crippen LogP contribution in [0.15, 0.2) is 18.5 Å². The molecule has 1 saturated heterocycles. The van der Waals surface area contributed by atoms with Gasteiger partial charge in [0.15, 0.2) is 0 Å². The third-order valence-electron chi connectivity index (χ3n) is 3.62. The van der Waals surface area contributed by atoms with E-state index in [0.29, 0.717) is 5.56 Å². The van der Waals surface area contributed by atoms with Crippen LogP contribution in [-0.2, 0) is 0 Å². The smallest absolute Gasteiger partial charge is 0.253 e. The van der Waals surface area contributed by atoms with Gasteiger partial charge in [0, 0.05) is 25.8 Å². The van der Waals surface area contributed by atoms with E-state index in [4.69, 9.17) is 0 Å². The molecule has 0 radical (unpaired) electrons. The topological polar surface area (TPSA) is 57.3 Å². The van der Waals surface area contributed by atoms with Crippen molar-refractivity contribution < 1.29 is 4.79 Å². The number of carbonyl (C=O) groups is 1. The average molecular weight is 262 g/mol. The number of likely N-dealkylation sites (tertiary alicyclic amines) is 1. The normalized spacial score (nSPS) is 20.0. The molecule has 1 amide bonds. The molecule has 2 N–H and O–H groups in total. The highest BCUT2D eigenvalue weighted by Crippen LogP contribution is 2.14. The lowest BCUT2D eigenvalue weighted by molar-refractivity contribution is 0.0906. The van der Waals surface area contributed by atoms with E-state index in [2.05, 4.69) is 27.4 Å². The fourth-order valence-corrected chi connectivity index (χ4v) is 2.52. The van der Waals surface area contributed by atoms with E-state index in [0.717, 1.165) is 38.2 Å². The van der Waals surface area contributed by atoms with Gasteiger partial charge >= 0.3 is 0 Å². The van der Waals surface area contributed by atoms with E-state index in [1.165, 1.54) is 0 Å². The summed E-state index contributed by atoms with van der Waals surface area (Å²) in [6.07, 6.45) is 5.53. The van der Waals surface area contributed by atoms with E-state index in [1.807, 2.05) is 0 Å². The number of aromatic nitrogens is 1. The van der Waals surface area contributed by atoms with Crippen LogP contribution in [0.1, 0.15) is 30.1 Å². The van der Waals surface area contributed by atoms with Crippen molar-refractivity contribution in [1.82, 2.24) is 15.2 Å². The second kappa shape index (κ2) is 6.52. The van der Waals surface area contributed by atoms with Gasteiger partial charge in [0.1, 0.15) is 0 Å². The van der Waals surface area contributed by atoms with Crippen LogP contribution in [0.25, 0.3) is 0 Å². The molecule has 1 unspecified atom stereocenters. The summed E-state index contributed by atoms with van der Waals surface area (Å²) in [6, 6.07) is 2.00. The molecule has 1 aromatic heterocycles. The predicted molar refractivity (Wildman–Crippen MR) is 76.4 cm³/mol. The van der Waals surface area contributed by atoms with Gasteiger partial charge in [-0.1, -0.05) is 6.92 Å². The van der Waals surface area contributed by atoms with E-state index >= 15 is 0 Å². The average Bonchev–Trinajstić information content (AvgIpc) is 2.47. The number of pyridine rings is 1. The van der Waals surface area contributed by atoms with Gasteiger partial charge in [-0.25, -0.2) is 0 Å². The van der Waals surface area contributed by atoms with Gasteiger partial charge < -0.3 is 15.5 Å². The van der Waals surface area contributed by atoms with Crippen molar-refractivity contribution in [3.05, 3.63) is 24.0 Å². The molecular weight excluding hydrogens is 240 g/mol. The van der Waals surface area contributed by atoms with Gasteiger partial charge in [-0.3, -0.25) is 9.78 Å². The fourth-order valence-electron chi connectivity index (χ4n) is 2.52. The minimum absolute atomic E-state index is 0.0188. The number of anilines is 1. The van der Waals surface area contributed by atoms with Gasteiger partial charge in [-0.05, 0) is 32.0 Å². The molecule has 2 heterocycles. The zero-order valence-corrected chi connectivity index (χ0v) is 11.6. The molecule has 1 aliphatic heterocycles. The molecule has 0 bridgehead atoms. The van der Waals surface area contributed by atoms with E-state index in [-0.39, 0.29) is 11.9 Å². The van der Waals surface area contributed by atoms with Crippen molar-refractivity contribution >= 4 is 11.6 Å². The minimum Gasteiger partial charge on any atom is -0.386 e. The maximum Gasteiger partial charge on any atom is 0.253 e. The molecule has 1 aromatic rings. The van der Waals surface area contributed by atoms with E-state index < -0.39 is 0 Å². The highest BCUT2D eigenvalue weighted by Gasteiger charge is 2.21. The van der Waals surface area contributed by atoms with Crippen LogP contribution in [0.5, 0.6) is 0 Å². The molecule has 5 heteroatoms. The molecule has 19 heavy (non-hydrogen) atoms. The van der Waals surface area contributed by atoms with Crippen LogP contribution in [0.4, 0.5) is 5.69 Å². The van der Waals surface area contributed by atoms with Crippen LogP contribution in [0, 0.1) is 0 Å². The fraction of sp³-hybridized carbons (Fsp3) is 0.571. The number of amides is 1. The van der Waals surface area contributed by atoms with Crippen molar-refractivity contribution in [2.75, 3.05) is 32.0 Å². The number of rotatable bonds is 4. The number of likely N-dealkylation sites (N-methyl/N-ethyl adjacent to an activating group) is 1. The Morgan fingerprint density at radius 3 is 3.16 bits per heavy atom. The summed E-state index contributed by atoms with van der Waals surface area (Å²) in [5.74, 6) is -0.0188. The van der Waals surface area contributed by atoms with Gasteiger partial charge in [0.2, 0.25) is 0 Å². The Bertz CT molecular complexity index is 435. The van der Waals surface area contributed by atoms with Gasteiger partial charge in [-0.15, -0.1) is 0 Å². The Morgan fingerprint density at radius 1 is 1.58 bits per heavy atom.